The van der Waals surface area contributed by atoms with Crippen LogP contribution in [0.3, 0.4) is 0 Å². The minimum absolute atomic E-state index is 0.0783. The molecule has 0 bridgehead atoms. The lowest BCUT2D eigenvalue weighted by Crippen LogP contribution is -2.36. The molecule has 0 saturated carbocycles. The third-order valence-corrected chi connectivity index (χ3v) is 4.23. The van der Waals surface area contributed by atoms with Crippen molar-refractivity contribution in [1.29, 1.82) is 0 Å². The molecule has 1 saturated heterocycles. The van der Waals surface area contributed by atoms with Crippen LogP contribution in [0.4, 0.5) is 0 Å². The van der Waals surface area contributed by atoms with Crippen LogP contribution >= 0.6 is 0 Å². The minimum Gasteiger partial charge on any atom is -0.376 e. The van der Waals surface area contributed by atoms with Gasteiger partial charge in [-0.15, -0.1) is 0 Å². The van der Waals surface area contributed by atoms with Crippen molar-refractivity contribution in [3.63, 3.8) is 0 Å². The number of carbonyl (C=O) groups excluding carboxylic acids is 1. The molecule has 5 heteroatoms. The van der Waals surface area contributed by atoms with Crippen LogP contribution < -0.4 is 5.32 Å². The quantitative estimate of drug-likeness (QED) is 0.793. The van der Waals surface area contributed by atoms with Crippen LogP contribution in [0.25, 0.3) is 0 Å². The molecular formula is C19H30N2O3. The van der Waals surface area contributed by atoms with Crippen molar-refractivity contribution in [2.45, 2.75) is 51.5 Å². The van der Waals surface area contributed by atoms with E-state index in [-0.39, 0.29) is 12.0 Å². The van der Waals surface area contributed by atoms with Gasteiger partial charge in [0.25, 0.3) is 0 Å². The van der Waals surface area contributed by atoms with Crippen molar-refractivity contribution in [1.82, 2.24) is 10.2 Å². The molecule has 2 rings (SSSR count). The van der Waals surface area contributed by atoms with Crippen LogP contribution in [-0.2, 0) is 27.4 Å². The molecule has 1 aliphatic rings. The summed E-state index contributed by atoms with van der Waals surface area (Å²) in [5.41, 5.74) is 2.37. The highest BCUT2D eigenvalue weighted by Crippen LogP contribution is 2.14. The summed E-state index contributed by atoms with van der Waals surface area (Å²) in [6.07, 6.45) is 2.99. The third-order valence-electron chi connectivity index (χ3n) is 4.23. The van der Waals surface area contributed by atoms with Gasteiger partial charge in [-0.1, -0.05) is 24.3 Å². The fourth-order valence-corrected chi connectivity index (χ4v) is 2.82. The number of benzene rings is 1. The number of ether oxygens (including phenoxy) is 2. The Balaban J connectivity index is 1.77. The van der Waals surface area contributed by atoms with Gasteiger partial charge in [-0.05, 0) is 51.4 Å². The zero-order chi connectivity index (χ0) is 17.4. The average Bonchev–Trinajstić information content (AvgIpc) is 2.59. The standard InChI is InChI=1S/C19H30N2O3/c1-15(24-14-18-10-6-7-11-23-18)19(22)20-12-16-8-4-5-9-17(16)13-21(2)3/h4-5,8-9,15,18H,6-7,10-14H2,1-3H3,(H,20,22)/t15-,18-/m1/s1. The molecule has 1 aromatic rings. The first kappa shape index (κ1) is 18.9. The molecule has 1 N–H and O–H groups in total. The molecule has 24 heavy (non-hydrogen) atoms. The monoisotopic (exact) mass is 334 g/mol. The Morgan fingerprint density at radius 3 is 2.75 bits per heavy atom. The first-order chi connectivity index (χ1) is 11.6. The number of amides is 1. The second-order valence-electron chi connectivity index (χ2n) is 6.69. The minimum atomic E-state index is -0.462. The Labute approximate surface area is 145 Å². The molecule has 5 nitrogen and oxygen atoms in total. The highest BCUT2D eigenvalue weighted by Gasteiger charge is 2.19. The lowest BCUT2D eigenvalue weighted by atomic mass is 10.1. The van der Waals surface area contributed by atoms with Crippen LogP contribution in [0.15, 0.2) is 24.3 Å². The lowest BCUT2D eigenvalue weighted by molar-refractivity contribution is -0.135. The van der Waals surface area contributed by atoms with E-state index in [9.17, 15) is 4.79 Å². The van der Waals surface area contributed by atoms with Crippen LogP contribution in [0, 0.1) is 0 Å². The highest BCUT2D eigenvalue weighted by molar-refractivity contribution is 5.80. The molecule has 0 unspecified atom stereocenters. The van der Waals surface area contributed by atoms with E-state index in [1.54, 1.807) is 6.92 Å². The van der Waals surface area contributed by atoms with Crippen LogP contribution in [0.5, 0.6) is 0 Å². The van der Waals surface area contributed by atoms with Crippen molar-refractivity contribution in [2.24, 2.45) is 0 Å². The maximum Gasteiger partial charge on any atom is 0.249 e. The van der Waals surface area contributed by atoms with Crippen LogP contribution in [0.2, 0.25) is 0 Å². The fraction of sp³-hybridized carbons (Fsp3) is 0.632. The molecule has 1 amide bonds. The summed E-state index contributed by atoms with van der Waals surface area (Å²) in [6, 6.07) is 8.18. The second kappa shape index (κ2) is 9.77. The number of hydrogen-bond acceptors (Lipinski definition) is 4. The molecule has 134 valence electrons. The summed E-state index contributed by atoms with van der Waals surface area (Å²) in [5.74, 6) is -0.0783. The Hall–Kier alpha value is -1.43. The zero-order valence-electron chi connectivity index (χ0n) is 15.1. The van der Waals surface area contributed by atoms with Gasteiger partial charge in [0.15, 0.2) is 0 Å². The van der Waals surface area contributed by atoms with Crippen molar-refractivity contribution in [2.75, 3.05) is 27.3 Å². The molecular weight excluding hydrogens is 304 g/mol. The number of rotatable bonds is 8. The maximum atomic E-state index is 12.2. The summed E-state index contributed by atoms with van der Waals surface area (Å²) >= 11 is 0. The van der Waals surface area contributed by atoms with E-state index >= 15 is 0 Å². The largest absolute Gasteiger partial charge is 0.376 e. The lowest BCUT2D eigenvalue weighted by Gasteiger charge is -2.24. The van der Waals surface area contributed by atoms with E-state index in [4.69, 9.17) is 9.47 Å². The van der Waals surface area contributed by atoms with Gasteiger partial charge in [0.2, 0.25) is 5.91 Å². The van der Waals surface area contributed by atoms with E-state index in [1.165, 1.54) is 12.0 Å². The molecule has 1 aliphatic heterocycles. The van der Waals surface area contributed by atoms with E-state index in [1.807, 2.05) is 26.2 Å². The SMILES string of the molecule is C[C@@H](OC[C@H]1CCCCO1)C(=O)NCc1ccccc1CN(C)C. The van der Waals surface area contributed by atoms with Gasteiger partial charge >= 0.3 is 0 Å². The summed E-state index contributed by atoms with van der Waals surface area (Å²) in [4.78, 5) is 14.4. The number of nitrogens with zero attached hydrogens (tertiary/aromatic N) is 1. The number of carbonyl (C=O) groups is 1. The highest BCUT2D eigenvalue weighted by atomic mass is 16.5. The molecule has 2 atom stereocenters. The summed E-state index contributed by atoms with van der Waals surface area (Å²) in [5, 5.41) is 2.98. The molecule has 0 radical (unpaired) electrons. The van der Waals surface area contributed by atoms with Crippen molar-refractivity contribution < 1.29 is 14.3 Å². The van der Waals surface area contributed by atoms with Gasteiger partial charge in [-0.3, -0.25) is 4.79 Å². The van der Waals surface area contributed by atoms with Crippen molar-refractivity contribution in [3.05, 3.63) is 35.4 Å². The molecule has 1 aromatic carbocycles. The Bertz CT molecular complexity index is 513. The van der Waals surface area contributed by atoms with Crippen LogP contribution in [0.1, 0.15) is 37.3 Å². The normalized spacial score (nSPS) is 19.2. The fourth-order valence-electron chi connectivity index (χ4n) is 2.82. The van der Waals surface area contributed by atoms with E-state index in [2.05, 4.69) is 22.3 Å². The van der Waals surface area contributed by atoms with Crippen molar-refractivity contribution >= 4 is 5.91 Å². The maximum absolute atomic E-state index is 12.2. The summed E-state index contributed by atoms with van der Waals surface area (Å²) < 4.78 is 11.3. The molecule has 1 heterocycles. The third kappa shape index (κ3) is 6.23. The average molecular weight is 334 g/mol. The first-order valence-electron chi connectivity index (χ1n) is 8.78. The van der Waals surface area contributed by atoms with E-state index in [0.29, 0.717) is 13.2 Å². The van der Waals surface area contributed by atoms with Crippen LogP contribution in [-0.4, -0.2) is 50.3 Å². The smallest absolute Gasteiger partial charge is 0.249 e. The van der Waals surface area contributed by atoms with E-state index in [0.717, 1.165) is 31.6 Å². The summed E-state index contributed by atoms with van der Waals surface area (Å²) in [6.45, 7) is 4.47. The predicted molar refractivity (Wildman–Crippen MR) is 94.7 cm³/mol. The Morgan fingerprint density at radius 2 is 2.08 bits per heavy atom. The van der Waals surface area contributed by atoms with Gasteiger partial charge < -0.3 is 19.7 Å². The van der Waals surface area contributed by atoms with Gasteiger partial charge in [0.1, 0.15) is 6.10 Å². The van der Waals surface area contributed by atoms with Gasteiger partial charge in [-0.25, -0.2) is 0 Å². The Kier molecular flexibility index (Phi) is 7.69. The molecule has 0 spiro atoms. The summed E-state index contributed by atoms with van der Waals surface area (Å²) in [7, 11) is 4.08. The number of nitrogens with one attached hydrogen (secondary N) is 1. The zero-order valence-corrected chi connectivity index (χ0v) is 15.1. The second-order valence-corrected chi connectivity index (χ2v) is 6.69. The topological polar surface area (TPSA) is 50.8 Å². The van der Waals surface area contributed by atoms with Crippen molar-refractivity contribution in [3.8, 4) is 0 Å². The van der Waals surface area contributed by atoms with Gasteiger partial charge in [0.05, 0.1) is 12.7 Å². The van der Waals surface area contributed by atoms with Gasteiger partial charge in [-0.2, -0.15) is 0 Å². The van der Waals surface area contributed by atoms with E-state index < -0.39 is 6.10 Å². The molecule has 0 aromatic heterocycles. The molecule has 1 fully saturated rings. The molecule has 0 aliphatic carbocycles. The predicted octanol–water partition coefficient (Wildman–Crippen LogP) is 2.34. The number of hydrogen-bond donors (Lipinski definition) is 1. The van der Waals surface area contributed by atoms with Gasteiger partial charge in [0, 0.05) is 19.7 Å². The Morgan fingerprint density at radius 1 is 1.33 bits per heavy atom. The first-order valence-corrected chi connectivity index (χ1v) is 8.78.